The molecule has 18 heavy (non-hydrogen) atoms. The third-order valence-corrected chi connectivity index (χ3v) is 6.14. The molecule has 2 aliphatic heterocycles. The Morgan fingerprint density at radius 1 is 1.17 bits per heavy atom. The predicted molar refractivity (Wildman–Crippen MR) is 70.1 cm³/mol. The first-order valence-electron chi connectivity index (χ1n) is 6.04. The summed E-state index contributed by atoms with van der Waals surface area (Å²) >= 11 is 5.99. The Hall–Kier alpha value is -0.620. The van der Waals surface area contributed by atoms with Crippen molar-refractivity contribution in [1.29, 1.82) is 0 Å². The van der Waals surface area contributed by atoms with Crippen LogP contribution in [-0.4, -0.2) is 38.9 Å². The Balaban J connectivity index is 1.90. The number of nitrogens with one attached hydrogen (secondary N) is 1. The summed E-state index contributed by atoms with van der Waals surface area (Å²) in [5.74, 6) is 0.893. The van der Waals surface area contributed by atoms with Crippen molar-refractivity contribution in [3.05, 3.63) is 29.3 Å². The molecule has 0 radical (unpaired) electrons. The highest BCUT2D eigenvalue weighted by Crippen LogP contribution is 2.32. The van der Waals surface area contributed by atoms with E-state index in [1.165, 1.54) is 0 Å². The highest BCUT2D eigenvalue weighted by molar-refractivity contribution is 7.89. The van der Waals surface area contributed by atoms with Gasteiger partial charge in [0.2, 0.25) is 10.0 Å². The molecule has 0 saturated carbocycles. The Morgan fingerprint density at radius 3 is 2.39 bits per heavy atom. The van der Waals surface area contributed by atoms with Crippen LogP contribution >= 0.6 is 11.6 Å². The number of halogens is 1. The molecule has 6 heteroatoms. The fourth-order valence-electron chi connectivity index (χ4n) is 2.80. The maximum Gasteiger partial charge on any atom is 0.244 e. The molecular formula is C12H15ClN2O2S. The van der Waals surface area contributed by atoms with Gasteiger partial charge < -0.3 is 5.32 Å². The fourth-order valence-corrected chi connectivity index (χ4v) is 4.85. The van der Waals surface area contributed by atoms with Gasteiger partial charge in [-0.15, -0.1) is 0 Å². The van der Waals surface area contributed by atoms with Crippen LogP contribution in [0.2, 0.25) is 5.02 Å². The van der Waals surface area contributed by atoms with Crippen LogP contribution in [0.1, 0.15) is 0 Å². The van der Waals surface area contributed by atoms with Crippen LogP contribution in [0.3, 0.4) is 0 Å². The van der Waals surface area contributed by atoms with Crippen LogP contribution in [0, 0.1) is 11.8 Å². The van der Waals surface area contributed by atoms with E-state index in [1.54, 1.807) is 28.6 Å². The monoisotopic (exact) mass is 286 g/mol. The van der Waals surface area contributed by atoms with Gasteiger partial charge in [0.15, 0.2) is 0 Å². The smallest absolute Gasteiger partial charge is 0.244 e. The maximum absolute atomic E-state index is 12.5. The van der Waals surface area contributed by atoms with Gasteiger partial charge >= 0.3 is 0 Å². The second-order valence-corrected chi connectivity index (χ2v) is 7.24. The third kappa shape index (κ3) is 1.95. The van der Waals surface area contributed by atoms with E-state index in [4.69, 9.17) is 11.6 Å². The van der Waals surface area contributed by atoms with Crippen LogP contribution in [0.4, 0.5) is 0 Å². The summed E-state index contributed by atoms with van der Waals surface area (Å²) in [6, 6.07) is 6.64. The number of hydrogen-bond acceptors (Lipinski definition) is 3. The fraction of sp³-hybridized carbons (Fsp3) is 0.500. The molecule has 4 nitrogen and oxygen atoms in total. The van der Waals surface area contributed by atoms with Crippen LogP contribution in [0.25, 0.3) is 0 Å². The van der Waals surface area contributed by atoms with Gasteiger partial charge in [-0.3, -0.25) is 0 Å². The van der Waals surface area contributed by atoms with Crippen molar-refractivity contribution in [1.82, 2.24) is 9.62 Å². The topological polar surface area (TPSA) is 49.4 Å². The lowest BCUT2D eigenvalue weighted by molar-refractivity contribution is 0.448. The molecule has 3 rings (SSSR count). The second-order valence-electron chi connectivity index (χ2n) is 4.93. The van der Waals surface area contributed by atoms with E-state index in [0.717, 1.165) is 13.1 Å². The minimum Gasteiger partial charge on any atom is -0.316 e. The SMILES string of the molecule is O=S(=O)(c1ccccc1Cl)N1CC2CNCC2C1. The highest BCUT2D eigenvalue weighted by atomic mass is 35.5. The van der Waals surface area contributed by atoms with E-state index < -0.39 is 10.0 Å². The standard InChI is InChI=1S/C12H15ClN2O2S/c13-11-3-1-2-4-12(11)18(16,17)15-7-9-5-14-6-10(9)8-15/h1-4,9-10,14H,5-8H2. The molecule has 2 atom stereocenters. The van der Waals surface area contributed by atoms with Crippen molar-refractivity contribution < 1.29 is 8.42 Å². The lowest BCUT2D eigenvalue weighted by Gasteiger charge is -2.18. The summed E-state index contributed by atoms with van der Waals surface area (Å²) in [6.07, 6.45) is 0. The minimum atomic E-state index is -3.44. The van der Waals surface area contributed by atoms with Gasteiger partial charge in [0.25, 0.3) is 0 Å². The number of benzene rings is 1. The van der Waals surface area contributed by atoms with Crippen molar-refractivity contribution in [3.63, 3.8) is 0 Å². The molecule has 2 aliphatic rings. The number of sulfonamides is 1. The zero-order chi connectivity index (χ0) is 12.8. The molecule has 0 bridgehead atoms. The first kappa shape index (κ1) is 12.4. The Kier molecular flexibility index (Phi) is 3.10. The number of rotatable bonds is 2. The molecule has 2 saturated heterocycles. The van der Waals surface area contributed by atoms with Gasteiger partial charge in [0, 0.05) is 13.1 Å². The second kappa shape index (κ2) is 4.49. The normalized spacial score (nSPS) is 28.5. The lowest BCUT2D eigenvalue weighted by Crippen LogP contribution is -2.32. The summed E-state index contributed by atoms with van der Waals surface area (Å²) in [5.41, 5.74) is 0. The van der Waals surface area contributed by atoms with Gasteiger partial charge in [-0.2, -0.15) is 4.31 Å². The molecular weight excluding hydrogens is 272 g/mol. The van der Waals surface area contributed by atoms with E-state index in [-0.39, 0.29) is 4.90 Å². The van der Waals surface area contributed by atoms with E-state index in [2.05, 4.69) is 5.32 Å². The molecule has 0 aromatic heterocycles. The minimum absolute atomic E-state index is 0.222. The number of nitrogens with zero attached hydrogens (tertiary/aromatic N) is 1. The maximum atomic E-state index is 12.5. The third-order valence-electron chi connectivity index (χ3n) is 3.81. The van der Waals surface area contributed by atoms with Gasteiger partial charge in [0.05, 0.1) is 5.02 Å². The molecule has 2 unspecified atom stereocenters. The van der Waals surface area contributed by atoms with E-state index in [0.29, 0.717) is 29.9 Å². The average molecular weight is 287 g/mol. The zero-order valence-corrected chi connectivity index (χ0v) is 11.4. The highest BCUT2D eigenvalue weighted by Gasteiger charge is 2.41. The molecule has 0 spiro atoms. The van der Waals surface area contributed by atoms with Crippen LogP contribution in [0.5, 0.6) is 0 Å². The summed E-state index contributed by atoms with van der Waals surface area (Å²) in [6.45, 7) is 3.04. The zero-order valence-electron chi connectivity index (χ0n) is 9.84. The molecule has 2 heterocycles. The summed E-state index contributed by atoms with van der Waals surface area (Å²) < 4.78 is 26.6. The van der Waals surface area contributed by atoms with E-state index in [1.807, 2.05) is 0 Å². The van der Waals surface area contributed by atoms with Crippen molar-refractivity contribution in [3.8, 4) is 0 Å². The van der Waals surface area contributed by atoms with Crippen molar-refractivity contribution in [2.75, 3.05) is 26.2 Å². The van der Waals surface area contributed by atoms with Crippen LogP contribution in [-0.2, 0) is 10.0 Å². The molecule has 0 aliphatic carbocycles. The van der Waals surface area contributed by atoms with E-state index >= 15 is 0 Å². The van der Waals surface area contributed by atoms with Crippen LogP contribution in [0.15, 0.2) is 29.2 Å². The Bertz CT molecular complexity index is 549. The number of hydrogen-bond donors (Lipinski definition) is 1. The molecule has 1 aromatic carbocycles. The Morgan fingerprint density at radius 2 is 1.78 bits per heavy atom. The molecule has 1 N–H and O–H groups in total. The molecule has 2 fully saturated rings. The summed E-state index contributed by atoms with van der Waals surface area (Å²) in [4.78, 5) is 0.222. The van der Waals surface area contributed by atoms with Crippen molar-refractivity contribution in [2.24, 2.45) is 11.8 Å². The van der Waals surface area contributed by atoms with Gasteiger partial charge in [-0.25, -0.2) is 8.42 Å². The molecule has 98 valence electrons. The van der Waals surface area contributed by atoms with Crippen molar-refractivity contribution in [2.45, 2.75) is 4.90 Å². The summed E-state index contributed by atoms with van der Waals surface area (Å²) in [7, 11) is -3.44. The quantitative estimate of drug-likeness (QED) is 0.888. The first-order valence-corrected chi connectivity index (χ1v) is 7.86. The van der Waals surface area contributed by atoms with Gasteiger partial charge in [0.1, 0.15) is 4.90 Å². The van der Waals surface area contributed by atoms with Gasteiger partial charge in [-0.1, -0.05) is 23.7 Å². The van der Waals surface area contributed by atoms with Crippen molar-refractivity contribution >= 4 is 21.6 Å². The lowest BCUT2D eigenvalue weighted by atomic mass is 10.0. The summed E-state index contributed by atoms with van der Waals surface area (Å²) in [5, 5.41) is 3.60. The Labute approximate surface area is 112 Å². The van der Waals surface area contributed by atoms with Gasteiger partial charge in [-0.05, 0) is 37.1 Å². The van der Waals surface area contributed by atoms with Crippen LogP contribution < -0.4 is 5.32 Å². The molecule has 0 amide bonds. The van der Waals surface area contributed by atoms with E-state index in [9.17, 15) is 8.42 Å². The number of fused-ring (bicyclic) bond motifs is 1. The largest absolute Gasteiger partial charge is 0.316 e. The first-order chi connectivity index (χ1) is 8.59. The average Bonchev–Trinajstić information content (AvgIpc) is 2.89. The molecule has 1 aromatic rings. The predicted octanol–water partition coefficient (Wildman–Crippen LogP) is 1.18.